The molecule has 0 spiro atoms. The maximum Gasteiger partial charge on any atom is 0.377 e. The average Bonchev–Trinajstić information content (AvgIpc) is 2.89. The number of aromatic nitrogens is 2. The number of carbonyl (C=O) groups is 1. The van der Waals surface area contributed by atoms with Gasteiger partial charge in [0.25, 0.3) is 0 Å². The van der Waals surface area contributed by atoms with Gasteiger partial charge in [0.2, 0.25) is 5.76 Å². The van der Waals surface area contributed by atoms with Gasteiger partial charge in [0.05, 0.1) is 6.61 Å². The predicted octanol–water partition coefficient (Wildman–Crippen LogP) is 1.97. The van der Waals surface area contributed by atoms with E-state index in [0.29, 0.717) is 17.3 Å². The third kappa shape index (κ3) is 2.04. The fourth-order valence-corrected chi connectivity index (χ4v) is 1.61. The second-order valence-corrected chi connectivity index (χ2v) is 3.53. The highest BCUT2D eigenvalue weighted by Crippen LogP contribution is 2.21. The molecule has 0 saturated carbocycles. The van der Waals surface area contributed by atoms with Gasteiger partial charge in [0, 0.05) is 17.6 Å². The van der Waals surface area contributed by atoms with E-state index < -0.39 is 5.97 Å². The Morgan fingerprint density at radius 3 is 3.20 bits per heavy atom. The summed E-state index contributed by atoms with van der Waals surface area (Å²) in [7, 11) is 0. The fraction of sp³-hybridized carbons (Fsp3) is 0.222. The molecule has 0 aliphatic carbocycles. The molecular weight excluding hydrogens is 216 g/mol. The standard InChI is InChI=1S/C9H8N2O3S/c1-2-13-9(12)7-5-6(11-14-7)8-10-3-4-15-8/h3-5H,2H2,1H3. The summed E-state index contributed by atoms with van der Waals surface area (Å²) in [6.07, 6.45) is 1.67. The lowest BCUT2D eigenvalue weighted by molar-refractivity contribution is 0.0480. The Morgan fingerprint density at radius 2 is 2.53 bits per heavy atom. The lowest BCUT2D eigenvalue weighted by Gasteiger charge is -1.94. The van der Waals surface area contributed by atoms with Gasteiger partial charge in [0.15, 0.2) is 0 Å². The first-order valence-electron chi connectivity index (χ1n) is 4.35. The lowest BCUT2D eigenvalue weighted by Crippen LogP contribution is -2.02. The number of nitrogens with zero attached hydrogens (tertiary/aromatic N) is 2. The molecule has 2 aromatic rings. The summed E-state index contributed by atoms with van der Waals surface area (Å²) in [5.74, 6) is -0.408. The minimum Gasteiger partial charge on any atom is -0.460 e. The van der Waals surface area contributed by atoms with Crippen molar-refractivity contribution in [3.05, 3.63) is 23.4 Å². The molecule has 0 atom stereocenters. The van der Waals surface area contributed by atoms with Crippen molar-refractivity contribution < 1.29 is 14.1 Å². The lowest BCUT2D eigenvalue weighted by atomic mass is 10.4. The molecule has 0 fully saturated rings. The van der Waals surface area contributed by atoms with Crippen molar-refractivity contribution in [1.82, 2.24) is 10.1 Å². The molecule has 0 radical (unpaired) electrons. The van der Waals surface area contributed by atoms with Crippen LogP contribution in [0.4, 0.5) is 0 Å². The summed E-state index contributed by atoms with van der Waals surface area (Å²) in [5, 5.41) is 6.28. The largest absolute Gasteiger partial charge is 0.460 e. The zero-order valence-electron chi connectivity index (χ0n) is 7.97. The Kier molecular flexibility index (Phi) is 2.77. The minimum absolute atomic E-state index is 0.0991. The Labute approximate surface area is 89.7 Å². The maximum absolute atomic E-state index is 11.3. The molecule has 0 unspecified atom stereocenters. The van der Waals surface area contributed by atoms with Crippen molar-refractivity contribution in [2.45, 2.75) is 6.92 Å². The van der Waals surface area contributed by atoms with Crippen LogP contribution in [-0.4, -0.2) is 22.7 Å². The Hall–Kier alpha value is -1.69. The van der Waals surface area contributed by atoms with E-state index in [2.05, 4.69) is 10.1 Å². The highest BCUT2D eigenvalue weighted by atomic mass is 32.1. The van der Waals surface area contributed by atoms with Crippen molar-refractivity contribution >= 4 is 17.3 Å². The van der Waals surface area contributed by atoms with Crippen LogP contribution >= 0.6 is 11.3 Å². The third-order valence-corrected chi connectivity index (χ3v) is 2.43. The number of rotatable bonds is 3. The SMILES string of the molecule is CCOC(=O)c1cc(-c2nccs2)no1. The van der Waals surface area contributed by atoms with Crippen molar-refractivity contribution in [2.75, 3.05) is 6.61 Å². The van der Waals surface area contributed by atoms with E-state index in [1.165, 1.54) is 17.4 Å². The summed E-state index contributed by atoms with van der Waals surface area (Å²) in [5.41, 5.74) is 0.549. The van der Waals surface area contributed by atoms with Gasteiger partial charge in [-0.05, 0) is 6.92 Å². The van der Waals surface area contributed by atoms with E-state index in [1.54, 1.807) is 13.1 Å². The molecule has 2 rings (SSSR count). The average molecular weight is 224 g/mol. The summed E-state index contributed by atoms with van der Waals surface area (Å²) < 4.78 is 9.61. The molecule has 0 N–H and O–H groups in total. The molecule has 0 saturated heterocycles. The van der Waals surface area contributed by atoms with E-state index in [1.807, 2.05) is 5.38 Å². The van der Waals surface area contributed by atoms with Crippen LogP contribution in [0.15, 0.2) is 22.2 Å². The molecule has 2 heterocycles. The minimum atomic E-state index is -0.507. The number of carbonyl (C=O) groups excluding carboxylic acids is 1. The summed E-state index contributed by atoms with van der Waals surface area (Å²) in [6, 6.07) is 1.52. The van der Waals surface area contributed by atoms with Crippen LogP contribution in [0, 0.1) is 0 Å². The van der Waals surface area contributed by atoms with Crippen molar-refractivity contribution in [2.24, 2.45) is 0 Å². The Bertz CT molecular complexity index is 450. The van der Waals surface area contributed by atoms with E-state index >= 15 is 0 Å². The van der Waals surface area contributed by atoms with Crippen LogP contribution in [0.2, 0.25) is 0 Å². The molecule has 5 nitrogen and oxygen atoms in total. The van der Waals surface area contributed by atoms with Crippen molar-refractivity contribution in [3.8, 4) is 10.7 Å². The Balaban J connectivity index is 2.21. The predicted molar refractivity (Wildman–Crippen MR) is 53.6 cm³/mol. The number of hydrogen-bond donors (Lipinski definition) is 0. The molecule has 15 heavy (non-hydrogen) atoms. The van der Waals surface area contributed by atoms with Crippen LogP contribution in [0.3, 0.4) is 0 Å². The second kappa shape index (κ2) is 4.22. The van der Waals surface area contributed by atoms with Gasteiger partial charge in [-0.2, -0.15) is 0 Å². The van der Waals surface area contributed by atoms with E-state index in [4.69, 9.17) is 9.26 Å². The number of esters is 1. The fourth-order valence-electron chi connectivity index (χ4n) is 1.02. The summed E-state index contributed by atoms with van der Waals surface area (Å²) >= 11 is 1.43. The van der Waals surface area contributed by atoms with Crippen LogP contribution in [-0.2, 0) is 4.74 Å². The monoisotopic (exact) mass is 224 g/mol. The van der Waals surface area contributed by atoms with E-state index in [-0.39, 0.29) is 5.76 Å². The molecule has 0 amide bonds. The van der Waals surface area contributed by atoms with Crippen LogP contribution in [0.1, 0.15) is 17.5 Å². The molecule has 0 aromatic carbocycles. The summed E-state index contributed by atoms with van der Waals surface area (Å²) in [6.45, 7) is 2.04. The first-order valence-corrected chi connectivity index (χ1v) is 5.23. The van der Waals surface area contributed by atoms with Crippen molar-refractivity contribution in [3.63, 3.8) is 0 Å². The van der Waals surface area contributed by atoms with Crippen LogP contribution < -0.4 is 0 Å². The maximum atomic E-state index is 11.3. The molecule has 2 aromatic heterocycles. The smallest absolute Gasteiger partial charge is 0.377 e. The number of hydrogen-bond acceptors (Lipinski definition) is 6. The van der Waals surface area contributed by atoms with Gasteiger partial charge < -0.3 is 9.26 Å². The van der Waals surface area contributed by atoms with Crippen LogP contribution in [0.5, 0.6) is 0 Å². The van der Waals surface area contributed by atoms with Crippen molar-refractivity contribution in [1.29, 1.82) is 0 Å². The molecule has 0 aliphatic heterocycles. The molecule has 78 valence electrons. The normalized spacial score (nSPS) is 10.2. The highest BCUT2D eigenvalue weighted by molar-refractivity contribution is 7.13. The van der Waals surface area contributed by atoms with E-state index in [0.717, 1.165) is 0 Å². The third-order valence-electron chi connectivity index (χ3n) is 1.64. The van der Waals surface area contributed by atoms with E-state index in [9.17, 15) is 4.79 Å². The molecule has 6 heteroatoms. The molecule has 0 bridgehead atoms. The summed E-state index contributed by atoms with van der Waals surface area (Å²) in [4.78, 5) is 15.3. The molecule has 0 aliphatic rings. The van der Waals surface area contributed by atoms with Gasteiger partial charge in [-0.3, -0.25) is 0 Å². The topological polar surface area (TPSA) is 65.2 Å². The first-order chi connectivity index (χ1) is 7.31. The van der Waals surface area contributed by atoms with Crippen LogP contribution in [0.25, 0.3) is 10.7 Å². The van der Waals surface area contributed by atoms with Gasteiger partial charge in [-0.1, -0.05) is 5.16 Å². The van der Waals surface area contributed by atoms with Gasteiger partial charge in [-0.15, -0.1) is 11.3 Å². The van der Waals surface area contributed by atoms with Gasteiger partial charge >= 0.3 is 5.97 Å². The Morgan fingerprint density at radius 1 is 1.67 bits per heavy atom. The zero-order valence-corrected chi connectivity index (χ0v) is 8.78. The zero-order chi connectivity index (χ0) is 10.7. The first kappa shape index (κ1) is 9.85. The van der Waals surface area contributed by atoms with Gasteiger partial charge in [0.1, 0.15) is 10.7 Å². The highest BCUT2D eigenvalue weighted by Gasteiger charge is 2.15. The number of thiazole rings is 1. The number of ether oxygens (including phenoxy) is 1. The second-order valence-electron chi connectivity index (χ2n) is 2.63. The quantitative estimate of drug-likeness (QED) is 0.746. The molecular formula is C9H8N2O3S. The van der Waals surface area contributed by atoms with Gasteiger partial charge in [-0.25, -0.2) is 9.78 Å².